The highest BCUT2D eigenvalue weighted by molar-refractivity contribution is 7.79. The Morgan fingerprint density at radius 1 is 0.943 bits per heavy atom. The number of benzene rings is 3. The average molecular weight is 511 g/mol. The quantitative estimate of drug-likeness (QED) is 0.233. The molecule has 0 saturated heterocycles. The SMILES string of the molecule is CC(=O)C(C=S)(Cc1ccccc1)C(=O)Nc1cccc(C(=O)OCc2ccc(CN)cc2)c1.Cl. The molecule has 0 aromatic heterocycles. The van der Waals surface area contributed by atoms with Crippen LogP contribution in [0.15, 0.2) is 78.9 Å². The lowest BCUT2D eigenvalue weighted by atomic mass is 9.79. The predicted octanol–water partition coefficient (Wildman–Crippen LogP) is 4.68. The number of nitrogens with two attached hydrogens (primary N) is 1. The van der Waals surface area contributed by atoms with Crippen molar-refractivity contribution in [3.8, 4) is 0 Å². The molecule has 0 saturated carbocycles. The molecule has 0 radical (unpaired) electrons. The van der Waals surface area contributed by atoms with Gasteiger partial charge in [0, 0.05) is 17.6 Å². The summed E-state index contributed by atoms with van der Waals surface area (Å²) < 4.78 is 5.39. The normalized spacial score (nSPS) is 11.9. The van der Waals surface area contributed by atoms with Crippen LogP contribution in [-0.4, -0.2) is 23.0 Å². The summed E-state index contributed by atoms with van der Waals surface area (Å²) in [5.41, 5.74) is 7.36. The molecule has 0 aliphatic rings. The summed E-state index contributed by atoms with van der Waals surface area (Å²) in [5, 5.41) is 3.95. The van der Waals surface area contributed by atoms with E-state index in [0.717, 1.165) is 16.7 Å². The van der Waals surface area contributed by atoms with E-state index >= 15 is 0 Å². The maximum absolute atomic E-state index is 13.2. The van der Waals surface area contributed by atoms with Crippen LogP contribution in [0.2, 0.25) is 0 Å². The Bertz CT molecular complexity index is 1190. The molecule has 35 heavy (non-hydrogen) atoms. The number of ketones is 1. The first-order valence-electron chi connectivity index (χ1n) is 10.8. The van der Waals surface area contributed by atoms with Gasteiger partial charge >= 0.3 is 5.97 Å². The fourth-order valence-corrected chi connectivity index (χ4v) is 3.79. The minimum Gasteiger partial charge on any atom is -0.457 e. The van der Waals surface area contributed by atoms with Crippen molar-refractivity contribution in [1.29, 1.82) is 0 Å². The van der Waals surface area contributed by atoms with Crippen molar-refractivity contribution in [1.82, 2.24) is 0 Å². The second kappa shape index (κ2) is 12.9. The Kier molecular flexibility index (Phi) is 10.3. The Hall–Kier alpha value is -3.39. The lowest BCUT2D eigenvalue weighted by molar-refractivity contribution is -0.133. The molecule has 1 amide bonds. The number of anilines is 1. The zero-order valence-electron chi connectivity index (χ0n) is 19.2. The molecule has 3 N–H and O–H groups in total. The molecule has 0 bridgehead atoms. The highest BCUT2D eigenvalue weighted by Crippen LogP contribution is 2.26. The van der Waals surface area contributed by atoms with Gasteiger partial charge < -0.3 is 15.8 Å². The number of hydrogen-bond acceptors (Lipinski definition) is 6. The summed E-state index contributed by atoms with van der Waals surface area (Å²) in [4.78, 5) is 38.3. The molecular formula is C27H27ClN2O4S. The van der Waals surface area contributed by atoms with Gasteiger partial charge in [0.2, 0.25) is 5.91 Å². The van der Waals surface area contributed by atoms with Crippen molar-refractivity contribution in [2.45, 2.75) is 26.5 Å². The van der Waals surface area contributed by atoms with Crippen molar-refractivity contribution < 1.29 is 19.1 Å². The van der Waals surface area contributed by atoms with E-state index in [2.05, 4.69) is 5.32 Å². The van der Waals surface area contributed by atoms with Crippen LogP contribution in [0.4, 0.5) is 5.69 Å². The first-order chi connectivity index (χ1) is 16.4. The van der Waals surface area contributed by atoms with Crippen molar-refractivity contribution in [2.24, 2.45) is 11.1 Å². The number of esters is 1. The zero-order valence-corrected chi connectivity index (χ0v) is 20.9. The third-order valence-corrected chi connectivity index (χ3v) is 5.95. The standard InChI is InChI=1S/C27H26N2O4S.ClH/c1-19(30)27(18-34,15-20-6-3-2-4-7-20)26(32)29-24-9-5-8-23(14-24)25(31)33-17-22-12-10-21(16-28)11-13-22;/h2-14,18H,15-17,28H2,1H3,(H,29,32);1H. The molecule has 1 atom stereocenters. The van der Waals surface area contributed by atoms with Crippen molar-refractivity contribution in [3.63, 3.8) is 0 Å². The van der Waals surface area contributed by atoms with Gasteiger partial charge in [-0.25, -0.2) is 4.79 Å². The van der Waals surface area contributed by atoms with E-state index in [4.69, 9.17) is 22.7 Å². The van der Waals surface area contributed by atoms with Crippen molar-refractivity contribution >= 4 is 53.3 Å². The van der Waals surface area contributed by atoms with Crippen LogP contribution in [0.25, 0.3) is 0 Å². The van der Waals surface area contributed by atoms with E-state index in [0.29, 0.717) is 12.2 Å². The fourth-order valence-electron chi connectivity index (χ4n) is 3.43. The van der Waals surface area contributed by atoms with Gasteiger partial charge in [-0.05, 0) is 48.2 Å². The zero-order chi connectivity index (χ0) is 24.6. The summed E-state index contributed by atoms with van der Waals surface area (Å²) in [6, 6.07) is 23.0. The Morgan fingerprint density at radius 2 is 1.60 bits per heavy atom. The van der Waals surface area contributed by atoms with E-state index in [-0.39, 0.29) is 36.8 Å². The minimum atomic E-state index is -1.51. The molecule has 0 fully saturated rings. The first-order valence-corrected chi connectivity index (χ1v) is 11.2. The van der Waals surface area contributed by atoms with Crippen LogP contribution in [0.5, 0.6) is 0 Å². The average Bonchev–Trinajstić information content (AvgIpc) is 2.86. The lowest BCUT2D eigenvalue weighted by Crippen LogP contribution is -2.45. The molecule has 0 aliphatic heterocycles. The smallest absolute Gasteiger partial charge is 0.338 e. The minimum absolute atomic E-state index is 0. The molecule has 3 aromatic rings. The summed E-state index contributed by atoms with van der Waals surface area (Å²) in [7, 11) is 0. The van der Waals surface area contributed by atoms with E-state index in [1.807, 2.05) is 54.6 Å². The highest BCUT2D eigenvalue weighted by atomic mass is 35.5. The highest BCUT2D eigenvalue weighted by Gasteiger charge is 2.41. The number of halogens is 1. The van der Waals surface area contributed by atoms with Crippen LogP contribution < -0.4 is 11.1 Å². The van der Waals surface area contributed by atoms with E-state index in [9.17, 15) is 14.4 Å². The molecule has 8 heteroatoms. The molecule has 3 rings (SSSR count). The Morgan fingerprint density at radius 3 is 2.20 bits per heavy atom. The van der Waals surface area contributed by atoms with E-state index in [1.54, 1.807) is 18.2 Å². The number of Topliss-reactive ketones (excluding diaryl/α,β-unsaturated/α-hetero) is 1. The fraction of sp³-hybridized carbons (Fsp3) is 0.185. The summed E-state index contributed by atoms with van der Waals surface area (Å²) in [6.07, 6.45) is 0.142. The first kappa shape index (κ1) is 27.9. The Labute approximate surface area is 216 Å². The number of nitrogens with one attached hydrogen (secondary N) is 1. The third-order valence-electron chi connectivity index (χ3n) is 5.55. The number of carbonyl (C=O) groups is 3. The van der Waals surface area contributed by atoms with Crippen LogP contribution >= 0.6 is 24.6 Å². The van der Waals surface area contributed by atoms with Gasteiger partial charge in [0.1, 0.15) is 17.8 Å². The second-order valence-electron chi connectivity index (χ2n) is 7.94. The third kappa shape index (κ3) is 7.05. The predicted molar refractivity (Wildman–Crippen MR) is 143 cm³/mol. The van der Waals surface area contributed by atoms with Gasteiger partial charge in [-0.3, -0.25) is 9.59 Å². The molecule has 0 spiro atoms. The molecule has 6 nitrogen and oxygen atoms in total. The van der Waals surface area contributed by atoms with Crippen LogP contribution in [0.1, 0.15) is 34.0 Å². The second-order valence-corrected chi connectivity index (χ2v) is 8.18. The maximum atomic E-state index is 13.2. The van der Waals surface area contributed by atoms with Crippen LogP contribution in [0.3, 0.4) is 0 Å². The van der Waals surface area contributed by atoms with Gasteiger partial charge in [-0.15, -0.1) is 12.4 Å². The van der Waals surface area contributed by atoms with Gasteiger partial charge in [-0.2, -0.15) is 0 Å². The number of amides is 1. The monoisotopic (exact) mass is 510 g/mol. The van der Waals surface area contributed by atoms with Gasteiger partial charge in [0.05, 0.1) is 5.56 Å². The van der Waals surface area contributed by atoms with Crippen molar-refractivity contribution in [3.05, 3.63) is 101 Å². The van der Waals surface area contributed by atoms with Gasteiger partial charge in [-0.1, -0.05) is 72.9 Å². The summed E-state index contributed by atoms with van der Waals surface area (Å²) in [6.45, 7) is 1.90. The molecule has 3 aromatic carbocycles. The number of hydrogen-bond donors (Lipinski definition) is 2. The number of rotatable bonds is 10. The largest absolute Gasteiger partial charge is 0.457 e. The van der Waals surface area contributed by atoms with E-state index < -0.39 is 17.3 Å². The molecule has 1 unspecified atom stereocenters. The Balaban J connectivity index is 0.00000432. The molecule has 182 valence electrons. The van der Waals surface area contributed by atoms with Gasteiger partial charge in [0.25, 0.3) is 0 Å². The topological polar surface area (TPSA) is 98.5 Å². The van der Waals surface area contributed by atoms with Crippen molar-refractivity contribution in [2.75, 3.05) is 5.32 Å². The summed E-state index contributed by atoms with van der Waals surface area (Å²) in [5.74, 6) is -1.44. The maximum Gasteiger partial charge on any atom is 0.338 e. The number of carbonyl (C=O) groups excluding carboxylic acids is 3. The van der Waals surface area contributed by atoms with E-state index in [1.165, 1.54) is 18.4 Å². The lowest BCUT2D eigenvalue weighted by Gasteiger charge is -2.26. The van der Waals surface area contributed by atoms with Crippen LogP contribution in [0, 0.1) is 5.41 Å². The number of thiocarbonyl (C=S) groups is 1. The molecule has 0 aliphatic carbocycles. The van der Waals surface area contributed by atoms with Gasteiger partial charge in [0.15, 0.2) is 0 Å². The molecular weight excluding hydrogens is 484 g/mol. The number of ether oxygens (including phenoxy) is 1. The van der Waals surface area contributed by atoms with Crippen LogP contribution in [-0.2, 0) is 33.9 Å². The molecule has 0 heterocycles. The summed E-state index contributed by atoms with van der Waals surface area (Å²) >= 11 is 5.13.